The van der Waals surface area contributed by atoms with E-state index in [1.807, 2.05) is 0 Å². The van der Waals surface area contributed by atoms with Crippen molar-refractivity contribution in [1.29, 1.82) is 0 Å². The number of hydrogen-bond acceptors (Lipinski definition) is 0. The molecule has 4 heavy (non-hydrogen) atoms. The van der Waals surface area contributed by atoms with E-state index in [-0.39, 0.29) is 9.90 Å². The van der Waals surface area contributed by atoms with E-state index in [0.29, 0.717) is 17.4 Å². The molecule has 25 valence electrons. The molecule has 1 atom stereocenters. The molecule has 0 aromatic carbocycles. The molecule has 0 aliphatic rings. The van der Waals surface area contributed by atoms with Gasteiger partial charge < -0.3 is 0 Å². The van der Waals surface area contributed by atoms with Crippen LogP contribution < -0.4 is 0 Å². The normalized spacial score (nSPS) is 3.50. The van der Waals surface area contributed by atoms with E-state index in [4.69, 9.17) is 0 Å². The zero-order valence-corrected chi connectivity index (χ0v) is 7.12. The second-order valence-electron chi connectivity index (χ2n) is 0.577. The van der Waals surface area contributed by atoms with Crippen molar-refractivity contribution < 1.29 is 0 Å². The SMILES string of the molecule is P.[CH3][Ga][CH3]. The van der Waals surface area contributed by atoms with Gasteiger partial charge in [-0.25, -0.2) is 0 Å². The first-order valence-electron chi connectivity index (χ1n) is 1.15. The minimum absolute atomic E-state index is 0. The second kappa shape index (κ2) is 8.95. The van der Waals surface area contributed by atoms with Crippen LogP contribution in [-0.4, -0.2) is 17.4 Å². The fraction of sp³-hybridized carbons (Fsp3) is 1.00. The van der Waals surface area contributed by atoms with Gasteiger partial charge >= 0.3 is 28.4 Å². The molecule has 0 heterocycles. The molecule has 1 unspecified atom stereocenters. The van der Waals surface area contributed by atoms with E-state index in [9.17, 15) is 0 Å². The molecule has 0 saturated carbocycles. The van der Waals surface area contributed by atoms with Crippen molar-refractivity contribution in [3.05, 3.63) is 0 Å². The Morgan fingerprint density at radius 3 is 1.25 bits per heavy atom. The Morgan fingerprint density at radius 1 is 1.25 bits per heavy atom. The molecule has 2 heteroatoms. The van der Waals surface area contributed by atoms with Crippen LogP contribution in [0.3, 0.4) is 0 Å². The fourth-order valence-corrected chi connectivity index (χ4v) is 0. The summed E-state index contributed by atoms with van der Waals surface area (Å²) >= 11 is 0.312. The molecule has 0 nitrogen and oxygen atoms in total. The Morgan fingerprint density at radius 2 is 1.25 bits per heavy atom. The van der Waals surface area contributed by atoms with Gasteiger partial charge in [0, 0.05) is 0 Å². The average molecular weight is 134 g/mol. The van der Waals surface area contributed by atoms with Crippen LogP contribution in [0, 0.1) is 0 Å². The summed E-state index contributed by atoms with van der Waals surface area (Å²) in [5.41, 5.74) is 4.56. The molecular formula is C2H9GaP. The van der Waals surface area contributed by atoms with E-state index in [1.165, 1.54) is 0 Å². The van der Waals surface area contributed by atoms with E-state index >= 15 is 0 Å². The molecule has 0 rings (SSSR count). The number of hydrogen-bond donors (Lipinski definition) is 0. The Labute approximate surface area is 38.8 Å². The maximum atomic E-state index is 2.28. The first kappa shape index (κ1) is 8.91. The maximum absolute atomic E-state index is 2.28. The predicted molar refractivity (Wildman–Crippen MR) is 28.6 cm³/mol. The van der Waals surface area contributed by atoms with Crippen molar-refractivity contribution in [1.82, 2.24) is 0 Å². The predicted octanol–water partition coefficient (Wildman–Crippen LogP) is 0.845. The van der Waals surface area contributed by atoms with Gasteiger partial charge in [0.25, 0.3) is 0 Å². The van der Waals surface area contributed by atoms with Crippen LogP contribution in [0.5, 0.6) is 0 Å². The summed E-state index contributed by atoms with van der Waals surface area (Å²) in [6.45, 7) is 0. The van der Waals surface area contributed by atoms with Gasteiger partial charge in [0.2, 0.25) is 0 Å². The Hall–Kier alpha value is 1.07. The van der Waals surface area contributed by atoms with Crippen LogP contribution in [0.1, 0.15) is 0 Å². The molecule has 0 aliphatic carbocycles. The van der Waals surface area contributed by atoms with E-state index in [1.54, 1.807) is 0 Å². The van der Waals surface area contributed by atoms with Gasteiger partial charge in [0.15, 0.2) is 0 Å². The van der Waals surface area contributed by atoms with Crippen LogP contribution in [0.15, 0.2) is 0 Å². The molecule has 1 radical (unpaired) electrons. The summed E-state index contributed by atoms with van der Waals surface area (Å²) < 4.78 is 0. The summed E-state index contributed by atoms with van der Waals surface area (Å²) in [7, 11) is 0. The zero-order valence-electron chi connectivity index (χ0n) is 3.28. The van der Waals surface area contributed by atoms with Gasteiger partial charge in [0.1, 0.15) is 0 Å². The van der Waals surface area contributed by atoms with Crippen molar-refractivity contribution in [2.24, 2.45) is 0 Å². The van der Waals surface area contributed by atoms with Crippen molar-refractivity contribution in [2.45, 2.75) is 11.0 Å². The van der Waals surface area contributed by atoms with Crippen LogP contribution in [0.4, 0.5) is 0 Å². The zero-order chi connectivity index (χ0) is 2.71. The molecule has 0 aromatic heterocycles. The Balaban J connectivity index is 0. The third-order valence-corrected chi connectivity index (χ3v) is 0. The third kappa shape index (κ3) is 11.5. The first-order chi connectivity index (χ1) is 1.41. The minimum atomic E-state index is 0. The molecule has 0 fully saturated rings. The average Bonchev–Trinajstić information content (AvgIpc) is 0.918. The van der Waals surface area contributed by atoms with Crippen LogP contribution in [0.25, 0.3) is 0 Å². The Kier molecular flexibility index (Phi) is 19.9. The van der Waals surface area contributed by atoms with Crippen LogP contribution in [-0.2, 0) is 0 Å². The van der Waals surface area contributed by atoms with E-state index < -0.39 is 0 Å². The molecule has 0 aliphatic heterocycles. The fourth-order valence-electron chi connectivity index (χ4n) is 0. The summed E-state index contributed by atoms with van der Waals surface area (Å²) in [5, 5.41) is 0. The molecule has 0 bridgehead atoms. The summed E-state index contributed by atoms with van der Waals surface area (Å²) in [5.74, 6) is 0. The van der Waals surface area contributed by atoms with Gasteiger partial charge in [-0.2, -0.15) is 9.90 Å². The molecule has 0 spiro atoms. The van der Waals surface area contributed by atoms with Crippen LogP contribution >= 0.6 is 9.90 Å². The van der Waals surface area contributed by atoms with Crippen molar-refractivity contribution in [2.75, 3.05) is 0 Å². The second-order valence-corrected chi connectivity index (χ2v) is 3.00. The van der Waals surface area contributed by atoms with Gasteiger partial charge in [-0.15, -0.1) is 0 Å². The third-order valence-electron chi connectivity index (χ3n) is 0. The molecule has 0 amide bonds. The van der Waals surface area contributed by atoms with Crippen LogP contribution in [0.2, 0.25) is 11.0 Å². The topological polar surface area (TPSA) is 0 Å². The van der Waals surface area contributed by atoms with Crippen molar-refractivity contribution >= 4 is 27.3 Å². The van der Waals surface area contributed by atoms with Gasteiger partial charge in [-0.05, 0) is 0 Å². The van der Waals surface area contributed by atoms with Gasteiger partial charge in [0.05, 0.1) is 0 Å². The van der Waals surface area contributed by atoms with Crippen molar-refractivity contribution in [3.63, 3.8) is 0 Å². The monoisotopic (exact) mass is 133 g/mol. The standard InChI is InChI=1S/2CH3.Ga.H3P/h2*1H3;;1H3. The van der Waals surface area contributed by atoms with Crippen molar-refractivity contribution in [3.8, 4) is 0 Å². The first-order valence-corrected chi connectivity index (χ1v) is 6.00. The molecule has 0 N–H and O–H groups in total. The van der Waals surface area contributed by atoms with E-state index in [0.717, 1.165) is 0 Å². The Bertz CT molecular complexity index is 6.00. The number of rotatable bonds is 0. The van der Waals surface area contributed by atoms with Gasteiger partial charge in [-0.1, -0.05) is 0 Å². The summed E-state index contributed by atoms with van der Waals surface area (Å²) in [6.07, 6.45) is 0. The molecular weight excluding hydrogens is 125 g/mol. The van der Waals surface area contributed by atoms with E-state index in [2.05, 4.69) is 11.0 Å². The quantitative estimate of drug-likeness (QED) is 0.340. The molecule has 0 aromatic rings. The molecule has 0 saturated heterocycles. The van der Waals surface area contributed by atoms with Gasteiger partial charge in [-0.3, -0.25) is 0 Å². The summed E-state index contributed by atoms with van der Waals surface area (Å²) in [4.78, 5) is 0. The summed E-state index contributed by atoms with van der Waals surface area (Å²) in [6, 6.07) is 0.